The molecule has 0 heterocycles. The van der Waals surface area contributed by atoms with E-state index in [2.05, 4.69) is 6.58 Å². The molecule has 5 rings (SSSR count). The number of allylic oxidation sites excluding steroid dienone is 1. The summed E-state index contributed by atoms with van der Waals surface area (Å²) in [5, 5.41) is 46.2. The van der Waals surface area contributed by atoms with Gasteiger partial charge < -0.3 is 31.1 Å². The lowest BCUT2D eigenvalue weighted by Gasteiger charge is -2.50. The smallest absolute Gasteiger partial charge is 0.255 e. The molecule has 0 spiro atoms. The Balaban J connectivity index is 1.77. The molecule has 1 fully saturated rings. The molecule has 42 heavy (non-hydrogen) atoms. The molecule has 10 heteroatoms. The number of ketones is 2. The van der Waals surface area contributed by atoms with E-state index in [1.54, 1.807) is 14.1 Å². The van der Waals surface area contributed by atoms with E-state index in [-0.39, 0.29) is 29.7 Å². The van der Waals surface area contributed by atoms with Crippen LogP contribution < -0.4 is 10.6 Å². The predicted molar refractivity (Wildman–Crippen MR) is 159 cm³/mol. The summed E-state index contributed by atoms with van der Waals surface area (Å²) in [6, 6.07) is 8.10. The number of nitrogens with zero attached hydrogens (tertiary/aromatic N) is 2. The molecule has 0 unspecified atom stereocenters. The van der Waals surface area contributed by atoms with Crippen LogP contribution in [0.15, 0.2) is 53.8 Å². The minimum Gasteiger partial charge on any atom is -0.508 e. The van der Waals surface area contributed by atoms with Gasteiger partial charge >= 0.3 is 0 Å². The average molecular weight is 574 g/mol. The van der Waals surface area contributed by atoms with Crippen LogP contribution in [0.4, 0.5) is 5.69 Å². The van der Waals surface area contributed by atoms with E-state index in [0.717, 1.165) is 11.1 Å². The van der Waals surface area contributed by atoms with Gasteiger partial charge in [0.15, 0.2) is 11.4 Å². The number of aromatic hydroxyl groups is 1. The molecule has 1 saturated carbocycles. The maximum atomic E-state index is 14.1. The maximum absolute atomic E-state index is 14.1. The van der Waals surface area contributed by atoms with Gasteiger partial charge in [-0.3, -0.25) is 19.3 Å². The number of rotatable bonds is 5. The van der Waals surface area contributed by atoms with Crippen LogP contribution in [0.2, 0.25) is 0 Å². The lowest BCUT2D eigenvalue weighted by Crippen LogP contribution is -2.65. The molecule has 0 aliphatic heterocycles. The number of aliphatic hydroxyl groups is 3. The molecule has 2 aromatic rings. The molecule has 1 amide bonds. The third-order valence-corrected chi connectivity index (χ3v) is 8.85. The number of nitrogens with two attached hydrogens (primary N) is 1. The van der Waals surface area contributed by atoms with Crippen LogP contribution in [0.5, 0.6) is 5.75 Å². The van der Waals surface area contributed by atoms with Crippen molar-refractivity contribution in [3.63, 3.8) is 0 Å². The topological polar surface area (TPSA) is 165 Å². The minimum absolute atomic E-state index is 0.0296. The van der Waals surface area contributed by atoms with Crippen molar-refractivity contribution in [3.05, 3.63) is 70.5 Å². The minimum atomic E-state index is -2.68. The summed E-state index contributed by atoms with van der Waals surface area (Å²) in [5.74, 6) is -6.75. The largest absolute Gasteiger partial charge is 0.508 e. The number of likely N-dealkylation sites (N-methyl/N-ethyl adjacent to an activating group) is 1. The summed E-state index contributed by atoms with van der Waals surface area (Å²) < 4.78 is 0. The van der Waals surface area contributed by atoms with Crippen LogP contribution in [-0.2, 0) is 20.8 Å². The van der Waals surface area contributed by atoms with Gasteiger partial charge in [0.05, 0.1) is 11.6 Å². The molecule has 10 nitrogen and oxygen atoms in total. The maximum Gasteiger partial charge on any atom is 0.255 e. The molecule has 6 N–H and O–H groups in total. The first-order chi connectivity index (χ1) is 19.6. The third kappa shape index (κ3) is 3.97. The summed E-state index contributed by atoms with van der Waals surface area (Å²) in [6.45, 7) is 5.86. The number of carbonyl (C=O) groups is 3. The average Bonchev–Trinajstić information content (AvgIpc) is 2.90. The second-order valence-electron chi connectivity index (χ2n) is 11.9. The second-order valence-corrected chi connectivity index (χ2v) is 11.9. The first kappa shape index (κ1) is 29.1. The molecule has 0 aromatic heterocycles. The fraction of sp³-hybridized carbons (Fsp3) is 0.344. The Labute approximate surface area is 243 Å². The Morgan fingerprint density at radius 1 is 1.10 bits per heavy atom. The molecule has 3 aliphatic rings. The van der Waals surface area contributed by atoms with E-state index in [4.69, 9.17) is 5.73 Å². The molecule has 3 aliphatic carbocycles. The Bertz CT molecular complexity index is 1650. The van der Waals surface area contributed by atoms with Gasteiger partial charge in [0.25, 0.3) is 5.91 Å². The standard InChI is InChI=1S/C32H35N3O7/c1-14(2)15-8-7-9-16(10-15)18-13-21(34(3)4)19-11-17-12-20-25(35(5)6)28(38)24(31(33)41)30(40)32(20,42)29(39)22(17)27(37)23(19)26(18)36/h7-10,13,17,20,25,36-37,40,42H,1,11-12H2,2-6H3,(H2,33,41)/t17-,20-,25-,32-/m1/s1. The van der Waals surface area contributed by atoms with Gasteiger partial charge in [0.1, 0.15) is 22.8 Å². The molecular formula is C32H35N3O7. The lowest BCUT2D eigenvalue weighted by atomic mass is 9.57. The van der Waals surface area contributed by atoms with E-state index in [0.29, 0.717) is 22.4 Å². The second kappa shape index (κ2) is 9.85. The lowest BCUT2D eigenvalue weighted by molar-refractivity contribution is -0.153. The number of benzene rings is 2. The van der Waals surface area contributed by atoms with Crippen LogP contribution in [0, 0.1) is 11.8 Å². The zero-order valence-corrected chi connectivity index (χ0v) is 24.2. The number of anilines is 1. The van der Waals surface area contributed by atoms with Gasteiger partial charge in [-0.15, -0.1) is 0 Å². The molecule has 0 radical (unpaired) electrons. The number of hydrogen-bond donors (Lipinski definition) is 5. The Hall–Kier alpha value is -4.41. The van der Waals surface area contributed by atoms with E-state index in [1.165, 1.54) is 4.90 Å². The number of carbonyl (C=O) groups excluding carboxylic acids is 3. The van der Waals surface area contributed by atoms with Crippen LogP contribution >= 0.6 is 0 Å². The number of primary amides is 1. The van der Waals surface area contributed by atoms with Crippen LogP contribution in [0.3, 0.4) is 0 Å². The van der Waals surface area contributed by atoms with Gasteiger partial charge in [0, 0.05) is 36.8 Å². The first-order valence-electron chi connectivity index (χ1n) is 13.6. The van der Waals surface area contributed by atoms with Gasteiger partial charge in [-0.1, -0.05) is 30.4 Å². The van der Waals surface area contributed by atoms with E-state index in [9.17, 15) is 34.8 Å². The number of Topliss-reactive ketones (excluding diaryl/α,β-unsaturated/α-hetero) is 2. The van der Waals surface area contributed by atoms with Crippen molar-refractivity contribution in [1.82, 2.24) is 4.90 Å². The first-order valence-corrected chi connectivity index (χ1v) is 13.6. The van der Waals surface area contributed by atoms with Crippen molar-refractivity contribution in [2.24, 2.45) is 17.6 Å². The summed E-state index contributed by atoms with van der Waals surface area (Å²) in [7, 11) is 6.80. The van der Waals surface area contributed by atoms with Crippen LogP contribution in [0.25, 0.3) is 22.5 Å². The SMILES string of the molecule is C=C(C)c1cccc(-c2cc(N(C)C)c3c(c2O)C(O)=C2C(=O)[C@@]4(O)C(O)=C(C(N)=O)C(=O)[C@H](N(C)C)[C@H]4C[C@H]2C3)c1. The number of fused-ring (bicyclic) bond motifs is 3. The fourth-order valence-corrected chi connectivity index (χ4v) is 6.86. The highest BCUT2D eigenvalue weighted by Crippen LogP contribution is 2.55. The zero-order chi connectivity index (χ0) is 31.0. The predicted octanol–water partition coefficient (Wildman–Crippen LogP) is 2.73. The normalized spacial score (nSPS) is 25.3. The highest BCUT2D eigenvalue weighted by molar-refractivity contribution is 6.24. The van der Waals surface area contributed by atoms with Crippen molar-refractivity contribution < 1.29 is 34.8 Å². The van der Waals surface area contributed by atoms with E-state index < -0.39 is 58.0 Å². The highest BCUT2D eigenvalue weighted by atomic mass is 16.3. The van der Waals surface area contributed by atoms with Crippen molar-refractivity contribution in [2.45, 2.75) is 31.4 Å². The quantitative estimate of drug-likeness (QED) is 0.338. The summed E-state index contributed by atoms with van der Waals surface area (Å²) in [4.78, 5) is 43.0. The van der Waals surface area contributed by atoms with Crippen molar-refractivity contribution >= 4 is 34.5 Å². The fourth-order valence-electron chi connectivity index (χ4n) is 6.86. The van der Waals surface area contributed by atoms with Gasteiger partial charge in [-0.2, -0.15) is 0 Å². The number of aliphatic hydroxyl groups excluding tert-OH is 2. The van der Waals surface area contributed by atoms with Crippen molar-refractivity contribution in [2.75, 3.05) is 33.1 Å². The van der Waals surface area contributed by atoms with E-state index >= 15 is 0 Å². The van der Waals surface area contributed by atoms with Gasteiger partial charge in [0.2, 0.25) is 5.78 Å². The monoisotopic (exact) mass is 573 g/mol. The number of phenols is 1. The van der Waals surface area contributed by atoms with Crippen molar-refractivity contribution in [3.8, 4) is 16.9 Å². The number of hydrogen-bond acceptors (Lipinski definition) is 9. The summed E-state index contributed by atoms with van der Waals surface area (Å²) in [5.41, 5.74) is 5.83. The van der Waals surface area contributed by atoms with Gasteiger partial charge in [-0.05, 0) is 68.6 Å². The highest BCUT2D eigenvalue weighted by Gasteiger charge is 2.64. The Kier molecular flexibility index (Phi) is 6.82. The summed E-state index contributed by atoms with van der Waals surface area (Å²) >= 11 is 0. The molecule has 0 bridgehead atoms. The molecule has 220 valence electrons. The Morgan fingerprint density at radius 3 is 2.33 bits per heavy atom. The van der Waals surface area contributed by atoms with E-state index in [1.807, 2.05) is 56.3 Å². The van der Waals surface area contributed by atoms with Gasteiger partial charge in [-0.25, -0.2) is 0 Å². The number of amides is 1. The van der Waals surface area contributed by atoms with Crippen molar-refractivity contribution in [1.29, 1.82) is 0 Å². The van der Waals surface area contributed by atoms with Crippen LogP contribution in [-0.4, -0.2) is 82.6 Å². The molecular weight excluding hydrogens is 538 g/mol. The molecule has 0 saturated heterocycles. The molecule has 4 atom stereocenters. The zero-order valence-electron chi connectivity index (χ0n) is 24.2. The number of phenolic OH excluding ortho intramolecular Hbond substituents is 1. The summed E-state index contributed by atoms with van der Waals surface area (Å²) in [6.07, 6.45) is 0.240. The Morgan fingerprint density at radius 2 is 1.76 bits per heavy atom. The third-order valence-electron chi connectivity index (χ3n) is 8.85. The van der Waals surface area contributed by atoms with Crippen LogP contribution in [0.1, 0.15) is 30.0 Å². The molecule has 2 aromatic carbocycles.